The lowest BCUT2D eigenvalue weighted by molar-refractivity contribution is 0.00194. The van der Waals surface area contributed by atoms with E-state index in [0.717, 1.165) is 23.4 Å². The molecule has 2 fully saturated rings. The first kappa shape index (κ1) is 4.74. The van der Waals surface area contributed by atoms with E-state index >= 15 is 0 Å². The van der Waals surface area contributed by atoms with Crippen molar-refractivity contribution in [3.63, 3.8) is 0 Å². The van der Waals surface area contributed by atoms with Gasteiger partial charge in [0.05, 0.1) is 0 Å². The molecule has 2 aliphatic rings. The second-order valence-corrected chi connectivity index (χ2v) is 2.91. The smallest absolute Gasteiger partial charge is 0.0321 e. The molecule has 2 rings (SSSR count). The summed E-state index contributed by atoms with van der Waals surface area (Å²) in [6.07, 6.45) is 2.39. The molecule has 0 spiro atoms. The predicted molar refractivity (Wildman–Crippen MR) is 28.9 cm³/mol. The summed E-state index contributed by atoms with van der Waals surface area (Å²) >= 11 is 0. The van der Waals surface area contributed by atoms with Crippen molar-refractivity contribution in [2.45, 2.75) is 12.8 Å². The first-order valence-electron chi connectivity index (χ1n) is 3.27. The highest BCUT2D eigenvalue weighted by atomic mass is 19.2. The summed E-state index contributed by atoms with van der Waals surface area (Å²) in [6, 6.07) is 0. The fraction of sp³-hybridized carbons (Fsp3) is 1.00. The zero-order valence-electron chi connectivity index (χ0n) is 4.81. The van der Waals surface area contributed by atoms with Gasteiger partial charge < -0.3 is 0 Å². The Hall–Kier alpha value is -0.110. The summed E-state index contributed by atoms with van der Waals surface area (Å²) in [6.45, 7) is 1.39. The molecule has 0 aromatic heterocycles. The van der Waals surface area contributed by atoms with Crippen molar-refractivity contribution >= 4 is 0 Å². The molecule has 0 radical (unpaired) electrons. The van der Waals surface area contributed by atoms with Crippen molar-refractivity contribution < 1.29 is 4.48 Å². The zero-order chi connectivity index (χ0) is 5.56. The minimum absolute atomic E-state index is 0.682. The van der Waals surface area contributed by atoms with Crippen LogP contribution < -0.4 is 0 Å². The molecule has 0 N–H and O–H groups in total. The lowest BCUT2D eigenvalue weighted by Crippen LogP contribution is -2.23. The minimum atomic E-state index is 0.682. The van der Waals surface area contributed by atoms with E-state index in [1.165, 1.54) is 6.42 Å². The average Bonchev–Trinajstić information content (AvgIpc) is 2.43. The van der Waals surface area contributed by atoms with Gasteiger partial charge >= 0.3 is 0 Å². The maximum absolute atomic E-state index is 12.3. The summed E-state index contributed by atoms with van der Waals surface area (Å²) < 4.78 is 12.3. The molecule has 2 heteroatoms. The van der Waals surface area contributed by atoms with Gasteiger partial charge in [0, 0.05) is 13.1 Å². The van der Waals surface area contributed by atoms with Gasteiger partial charge in [0.2, 0.25) is 0 Å². The zero-order valence-corrected chi connectivity index (χ0v) is 4.81. The van der Waals surface area contributed by atoms with E-state index in [1.54, 1.807) is 0 Å². The average molecular weight is 115 g/mol. The van der Waals surface area contributed by atoms with Crippen LogP contribution in [0, 0.1) is 11.8 Å². The highest BCUT2D eigenvalue weighted by Crippen LogP contribution is 2.44. The van der Waals surface area contributed by atoms with Crippen molar-refractivity contribution in [3.05, 3.63) is 0 Å². The number of halogens is 1. The van der Waals surface area contributed by atoms with Gasteiger partial charge in [-0.05, 0) is 24.7 Å². The van der Waals surface area contributed by atoms with Gasteiger partial charge in [-0.2, -0.15) is 0 Å². The van der Waals surface area contributed by atoms with Crippen molar-refractivity contribution in [2.24, 2.45) is 11.8 Å². The Kier molecular flexibility index (Phi) is 0.852. The van der Waals surface area contributed by atoms with Crippen molar-refractivity contribution in [3.8, 4) is 0 Å². The van der Waals surface area contributed by atoms with Gasteiger partial charge in [-0.1, -0.05) is 0 Å². The topological polar surface area (TPSA) is 3.24 Å². The van der Waals surface area contributed by atoms with Gasteiger partial charge in [-0.3, -0.25) is 0 Å². The molecule has 46 valence electrons. The minimum Gasteiger partial charge on any atom is -0.146 e. The molecule has 2 atom stereocenters. The summed E-state index contributed by atoms with van der Waals surface area (Å²) in [5.41, 5.74) is 0. The van der Waals surface area contributed by atoms with E-state index in [9.17, 15) is 4.48 Å². The maximum Gasteiger partial charge on any atom is 0.0321 e. The SMILES string of the molecule is FN1CCC2CC2C1. The van der Waals surface area contributed by atoms with E-state index < -0.39 is 0 Å². The normalized spacial score (nSPS) is 46.1. The maximum atomic E-state index is 12.3. The molecule has 1 saturated carbocycles. The fourth-order valence-electron chi connectivity index (χ4n) is 1.54. The number of hydrogen-bond acceptors (Lipinski definition) is 1. The van der Waals surface area contributed by atoms with Crippen LogP contribution in [0.4, 0.5) is 4.48 Å². The number of nitrogens with zero attached hydrogens (tertiary/aromatic N) is 1. The van der Waals surface area contributed by atoms with Crippen LogP contribution in [0.2, 0.25) is 0 Å². The van der Waals surface area contributed by atoms with E-state index in [4.69, 9.17) is 0 Å². The number of rotatable bonds is 0. The van der Waals surface area contributed by atoms with Crippen LogP contribution in [-0.2, 0) is 0 Å². The predicted octanol–water partition coefficient (Wildman–Crippen LogP) is 1.21. The number of hydrogen-bond donors (Lipinski definition) is 0. The van der Waals surface area contributed by atoms with Crippen LogP contribution in [0.1, 0.15) is 12.8 Å². The summed E-state index contributed by atoms with van der Waals surface area (Å²) in [5, 5.41) is 0.953. The largest absolute Gasteiger partial charge is 0.146 e. The Bertz CT molecular complexity index is 105. The summed E-state index contributed by atoms with van der Waals surface area (Å²) in [7, 11) is 0. The third kappa shape index (κ3) is 0.635. The van der Waals surface area contributed by atoms with Crippen LogP contribution in [0.25, 0.3) is 0 Å². The summed E-state index contributed by atoms with van der Waals surface area (Å²) in [5.74, 6) is 1.63. The third-order valence-electron chi connectivity index (χ3n) is 2.24. The fourth-order valence-corrected chi connectivity index (χ4v) is 1.54. The van der Waals surface area contributed by atoms with E-state index in [1.807, 2.05) is 0 Å². The molecule has 1 saturated heterocycles. The Morgan fingerprint density at radius 3 is 2.88 bits per heavy atom. The van der Waals surface area contributed by atoms with Crippen molar-refractivity contribution in [1.82, 2.24) is 5.12 Å². The lowest BCUT2D eigenvalue weighted by Gasteiger charge is -2.15. The second-order valence-electron chi connectivity index (χ2n) is 2.91. The van der Waals surface area contributed by atoms with E-state index in [-0.39, 0.29) is 0 Å². The first-order chi connectivity index (χ1) is 3.86. The Morgan fingerprint density at radius 1 is 1.38 bits per heavy atom. The van der Waals surface area contributed by atoms with Crippen molar-refractivity contribution in [1.29, 1.82) is 0 Å². The molecule has 0 bridgehead atoms. The third-order valence-corrected chi connectivity index (χ3v) is 2.24. The molecule has 0 aromatic rings. The van der Waals surface area contributed by atoms with Crippen LogP contribution in [0.3, 0.4) is 0 Å². The molecule has 1 aliphatic carbocycles. The van der Waals surface area contributed by atoms with Gasteiger partial charge in [0.1, 0.15) is 0 Å². The highest BCUT2D eigenvalue weighted by Gasteiger charge is 2.41. The van der Waals surface area contributed by atoms with Crippen LogP contribution in [0.5, 0.6) is 0 Å². The second kappa shape index (κ2) is 1.44. The Morgan fingerprint density at radius 2 is 2.25 bits per heavy atom. The molecule has 0 aromatic carbocycles. The quantitative estimate of drug-likeness (QED) is 0.429. The molecule has 1 heterocycles. The van der Waals surface area contributed by atoms with Gasteiger partial charge in [0.15, 0.2) is 0 Å². The number of fused-ring (bicyclic) bond motifs is 1. The van der Waals surface area contributed by atoms with Crippen LogP contribution in [0.15, 0.2) is 0 Å². The van der Waals surface area contributed by atoms with E-state index in [2.05, 4.69) is 0 Å². The van der Waals surface area contributed by atoms with Crippen LogP contribution in [-0.4, -0.2) is 18.2 Å². The molecule has 2 unspecified atom stereocenters. The molecule has 8 heavy (non-hydrogen) atoms. The van der Waals surface area contributed by atoms with Crippen LogP contribution >= 0.6 is 0 Å². The van der Waals surface area contributed by atoms with Gasteiger partial charge in [-0.25, -0.2) is 0 Å². The van der Waals surface area contributed by atoms with Gasteiger partial charge in [-0.15, -0.1) is 9.60 Å². The lowest BCUT2D eigenvalue weighted by atomic mass is 10.2. The Labute approximate surface area is 48.4 Å². The molecular weight excluding hydrogens is 105 g/mol. The standard InChI is InChI=1S/C6H10FN/c7-8-2-1-5-3-6(5)4-8/h5-6H,1-4H2. The first-order valence-corrected chi connectivity index (χ1v) is 3.27. The molecular formula is C6H10FN. The van der Waals surface area contributed by atoms with Gasteiger partial charge in [0.25, 0.3) is 0 Å². The summed E-state index contributed by atoms with van der Waals surface area (Å²) in [4.78, 5) is 0. The number of piperidine rings is 1. The van der Waals surface area contributed by atoms with E-state index in [0.29, 0.717) is 13.1 Å². The highest BCUT2D eigenvalue weighted by molar-refractivity contribution is 4.90. The molecule has 1 aliphatic heterocycles. The van der Waals surface area contributed by atoms with Crippen molar-refractivity contribution in [2.75, 3.05) is 13.1 Å². The monoisotopic (exact) mass is 115 g/mol. The molecule has 0 amide bonds. The Balaban J connectivity index is 1.93. The molecule has 1 nitrogen and oxygen atoms in total.